The number of rotatable bonds is 5. The molecule has 2 aromatic carbocycles. The highest BCUT2D eigenvalue weighted by Crippen LogP contribution is 2.32. The third-order valence-corrected chi connectivity index (χ3v) is 4.44. The van der Waals surface area contributed by atoms with Gasteiger partial charge in [0.2, 0.25) is 0 Å². The Hall–Kier alpha value is -3.48. The highest BCUT2D eigenvalue weighted by Gasteiger charge is 2.18. The van der Waals surface area contributed by atoms with Gasteiger partial charge >= 0.3 is 5.69 Å². The minimum absolute atomic E-state index is 0.0582. The summed E-state index contributed by atoms with van der Waals surface area (Å²) < 4.78 is 2.11. The molecule has 0 radical (unpaired) electrons. The van der Waals surface area contributed by atoms with Crippen LogP contribution in [0, 0.1) is 17.0 Å². The summed E-state index contributed by atoms with van der Waals surface area (Å²) in [5.74, 6) is 0.921. The molecule has 7 nitrogen and oxygen atoms in total. The first-order chi connectivity index (χ1) is 12.6. The molecule has 0 spiro atoms. The fourth-order valence-corrected chi connectivity index (χ4v) is 3.26. The van der Waals surface area contributed by atoms with E-state index in [0.29, 0.717) is 29.7 Å². The molecular formula is C19H17N5O2. The summed E-state index contributed by atoms with van der Waals surface area (Å²) in [7, 11) is 0. The maximum Gasteiger partial charge on any atom is 0.301 e. The molecule has 0 bridgehead atoms. The zero-order valence-electron chi connectivity index (χ0n) is 14.2. The molecule has 130 valence electrons. The number of fused-ring (bicyclic) bond motifs is 2. The lowest BCUT2D eigenvalue weighted by Crippen LogP contribution is -2.12. The van der Waals surface area contributed by atoms with Crippen molar-refractivity contribution in [2.24, 2.45) is 0 Å². The van der Waals surface area contributed by atoms with E-state index in [2.05, 4.69) is 19.9 Å². The Balaban J connectivity index is 1.61. The first-order valence-corrected chi connectivity index (χ1v) is 8.33. The molecule has 0 saturated heterocycles. The van der Waals surface area contributed by atoms with Crippen LogP contribution in [0.1, 0.15) is 5.82 Å². The smallest absolute Gasteiger partial charge is 0.301 e. The first-order valence-electron chi connectivity index (χ1n) is 8.33. The third-order valence-electron chi connectivity index (χ3n) is 4.44. The van der Waals surface area contributed by atoms with E-state index in [-0.39, 0.29) is 10.6 Å². The summed E-state index contributed by atoms with van der Waals surface area (Å²) in [5.41, 5.74) is 3.18. The fraction of sp³-hybridized carbons (Fsp3) is 0.158. The topological polar surface area (TPSA) is 85.9 Å². The molecule has 0 saturated carbocycles. The van der Waals surface area contributed by atoms with Crippen LogP contribution in [0.5, 0.6) is 0 Å². The minimum atomic E-state index is -0.357. The summed E-state index contributed by atoms with van der Waals surface area (Å²) in [6.07, 6.45) is 1.63. The molecule has 2 heterocycles. The molecule has 0 fully saturated rings. The van der Waals surface area contributed by atoms with Gasteiger partial charge in [0.25, 0.3) is 0 Å². The molecule has 4 aromatic rings. The number of nitrogens with one attached hydrogen (secondary N) is 1. The van der Waals surface area contributed by atoms with Crippen molar-refractivity contribution >= 4 is 33.3 Å². The Bertz CT molecular complexity index is 1120. The van der Waals surface area contributed by atoms with Crippen molar-refractivity contribution in [1.29, 1.82) is 0 Å². The molecule has 4 rings (SSSR count). The standard InChI is InChI=1S/C19H17N5O2/c1-13-22-16-6-2-3-7-18(16)23(13)12-11-21-17-9-8-15-14(5-4-10-20-15)19(17)24(25)26/h2-10,21H,11-12H2,1H3. The number of hydrogen-bond acceptors (Lipinski definition) is 5. The number of pyridine rings is 1. The lowest BCUT2D eigenvalue weighted by atomic mass is 10.1. The Morgan fingerprint density at radius 1 is 1.12 bits per heavy atom. The fourth-order valence-electron chi connectivity index (χ4n) is 3.26. The SMILES string of the molecule is Cc1nc2ccccc2n1CCNc1ccc2ncccc2c1[N+](=O)[O-]. The largest absolute Gasteiger partial charge is 0.378 e. The molecule has 0 aliphatic carbocycles. The van der Waals surface area contributed by atoms with Gasteiger partial charge in [-0.15, -0.1) is 0 Å². The summed E-state index contributed by atoms with van der Waals surface area (Å²) >= 11 is 0. The summed E-state index contributed by atoms with van der Waals surface area (Å²) in [6, 6.07) is 14.9. The van der Waals surface area contributed by atoms with Crippen LogP contribution in [-0.4, -0.2) is 26.0 Å². The summed E-state index contributed by atoms with van der Waals surface area (Å²) in [4.78, 5) is 20.0. The predicted molar refractivity (Wildman–Crippen MR) is 101 cm³/mol. The summed E-state index contributed by atoms with van der Waals surface area (Å²) in [6.45, 7) is 3.17. The van der Waals surface area contributed by atoms with Gasteiger partial charge in [-0.1, -0.05) is 12.1 Å². The van der Waals surface area contributed by atoms with Gasteiger partial charge in [0, 0.05) is 19.3 Å². The van der Waals surface area contributed by atoms with Crippen LogP contribution >= 0.6 is 0 Å². The van der Waals surface area contributed by atoms with Crippen LogP contribution in [-0.2, 0) is 6.54 Å². The number of aromatic nitrogens is 3. The maximum absolute atomic E-state index is 11.6. The van der Waals surface area contributed by atoms with Gasteiger partial charge in [0.15, 0.2) is 0 Å². The Morgan fingerprint density at radius 3 is 2.81 bits per heavy atom. The molecule has 1 N–H and O–H groups in total. The van der Waals surface area contributed by atoms with Crippen LogP contribution < -0.4 is 5.32 Å². The van der Waals surface area contributed by atoms with E-state index in [0.717, 1.165) is 16.9 Å². The van der Waals surface area contributed by atoms with Gasteiger partial charge in [-0.3, -0.25) is 15.1 Å². The molecule has 0 atom stereocenters. The highest BCUT2D eigenvalue weighted by atomic mass is 16.6. The van der Waals surface area contributed by atoms with E-state index in [1.54, 1.807) is 30.5 Å². The quantitative estimate of drug-likeness (QED) is 0.437. The van der Waals surface area contributed by atoms with E-state index < -0.39 is 0 Å². The molecule has 7 heteroatoms. The van der Waals surface area contributed by atoms with Crippen molar-refractivity contribution in [2.75, 3.05) is 11.9 Å². The van der Waals surface area contributed by atoms with Gasteiger partial charge in [-0.2, -0.15) is 0 Å². The second-order valence-corrected chi connectivity index (χ2v) is 6.02. The molecule has 2 aromatic heterocycles. The van der Waals surface area contributed by atoms with Crippen molar-refractivity contribution < 1.29 is 4.92 Å². The van der Waals surface area contributed by atoms with Crippen LogP contribution in [0.3, 0.4) is 0 Å². The van der Waals surface area contributed by atoms with Gasteiger partial charge in [0.1, 0.15) is 11.5 Å². The van der Waals surface area contributed by atoms with Gasteiger partial charge in [0.05, 0.1) is 26.9 Å². The van der Waals surface area contributed by atoms with Crippen LogP contribution in [0.4, 0.5) is 11.4 Å². The van der Waals surface area contributed by atoms with Crippen molar-refractivity contribution in [3.05, 3.63) is 70.7 Å². The second kappa shape index (κ2) is 6.44. The van der Waals surface area contributed by atoms with Gasteiger partial charge < -0.3 is 9.88 Å². The number of nitro groups is 1. The zero-order chi connectivity index (χ0) is 18.1. The maximum atomic E-state index is 11.6. The predicted octanol–water partition coefficient (Wildman–Crippen LogP) is 3.91. The number of para-hydroxylation sites is 2. The van der Waals surface area contributed by atoms with E-state index in [9.17, 15) is 10.1 Å². The second-order valence-electron chi connectivity index (χ2n) is 6.02. The van der Waals surface area contributed by atoms with E-state index in [1.807, 2.05) is 31.2 Å². The van der Waals surface area contributed by atoms with Gasteiger partial charge in [-0.05, 0) is 43.3 Å². The van der Waals surface area contributed by atoms with Crippen LogP contribution in [0.2, 0.25) is 0 Å². The number of anilines is 1. The number of benzene rings is 2. The molecule has 26 heavy (non-hydrogen) atoms. The molecule has 0 amide bonds. The van der Waals surface area contributed by atoms with E-state index in [1.165, 1.54) is 0 Å². The molecule has 0 aliphatic rings. The monoisotopic (exact) mass is 347 g/mol. The molecular weight excluding hydrogens is 330 g/mol. The summed E-state index contributed by atoms with van der Waals surface area (Å²) in [5, 5.41) is 15.3. The van der Waals surface area contributed by atoms with Crippen LogP contribution in [0.15, 0.2) is 54.7 Å². The normalized spacial score (nSPS) is 11.1. The Labute approximate surface area is 149 Å². The van der Waals surface area contributed by atoms with E-state index in [4.69, 9.17) is 0 Å². The Morgan fingerprint density at radius 2 is 1.96 bits per heavy atom. The average Bonchev–Trinajstić information content (AvgIpc) is 2.96. The number of aryl methyl sites for hydroxylation is 1. The number of nitro benzene ring substituents is 1. The molecule has 0 unspecified atom stereocenters. The number of imidazole rings is 1. The lowest BCUT2D eigenvalue weighted by Gasteiger charge is -2.11. The zero-order valence-corrected chi connectivity index (χ0v) is 14.2. The van der Waals surface area contributed by atoms with Crippen molar-refractivity contribution in [2.45, 2.75) is 13.5 Å². The Kier molecular flexibility index (Phi) is 3.96. The van der Waals surface area contributed by atoms with Gasteiger partial charge in [-0.25, -0.2) is 4.98 Å². The van der Waals surface area contributed by atoms with Crippen molar-refractivity contribution in [3.8, 4) is 0 Å². The number of nitrogens with zero attached hydrogens (tertiary/aromatic N) is 4. The lowest BCUT2D eigenvalue weighted by molar-refractivity contribution is -0.382. The van der Waals surface area contributed by atoms with Crippen molar-refractivity contribution in [1.82, 2.24) is 14.5 Å². The first kappa shape index (κ1) is 16.0. The minimum Gasteiger partial charge on any atom is -0.378 e. The van der Waals surface area contributed by atoms with Crippen LogP contribution in [0.25, 0.3) is 21.9 Å². The third kappa shape index (κ3) is 2.73. The number of hydrogen-bond donors (Lipinski definition) is 1. The highest BCUT2D eigenvalue weighted by molar-refractivity contribution is 5.94. The molecule has 0 aliphatic heterocycles. The van der Waals surface area contributed by atoms with Crippen molar-refractivity contribution in [3.63, 3.8) is 0 Å². The van der Waals surface area contributed by atoms with E-state index >= 15 is 0 Å². The average molecular weight is 347 g/mol.